The van der Waals surface area contributed by atoms with E-state index in [-0.39, 0.29) is 5.92 Å². The van der Waals surface area contributed by atoms with Gasteiger partial charge in [-0.1, -0.05) is 17.6 Å². The fourth-order valence-corrected chi connectivity index (χ4v) is 4.26. The van der Waals surface area contributed by atoms with Gasteiger partial charge in [0.15, 0.2) is 5.41 Å². The molecule has 2 aliphatic rings. The van der Waals surface area contributed by atoms with E-state index in [2.05, 4.69) is 0 Å². The van der Waals surface area contributed by atoms with Gasteiger partial charge in [-0.3, -0.25) is 9.59 Å². The van der Waals surface area contributed by atoms with Crippen molar-refractivity contribution in [1.82, 2.24) is 0 Å². The normalized spacial score (nSPS) is 24.0. The van der Waals surface area contributed by atoms with Gasteiger partial charge in [0, 0.05) is 13.0 Å². The molecule has 2 rings (SSSR count). The van der Waals surface area contributed by atoms with Crippen molar-refractivity contribution in [2.45, 2.75) is 64.4 Å². The smallest absolute Gasteiger partial charge is 0.323 e. The molecular formula is C19H30O5. The first kappa shape index (κ1) is 19.0. The Morgan fingerprint density at radius 1 is 1.00 bits per heavy atom. The van der Waals surface area contributed by atoms with E-state index < -0.39 is 23.0 Å². The second kappa shape index (κ2) is 7.26. The van der Waals surface area contributed by atoms with Crippen molar-refractivity contribution in [3.63, 3.8) is 0 Å². The van der Waals surface area contributed by atoms with E-state index in [4.69, 9.17) is 14.2 Å². The van der Waals surface area contributed by atoms with E-state index in [1.54, 1.807) is 7.11 Å². The quantitative estimate of drug-likeness (QED) is 0.446. The summed E-state index contributed by atoms with van der Waals surface area (Å²) in [7, 11) is 4.34. The summed E-state index contributed by atoms with van der Waals surface area (Å²) in [4.78, 5) is 25.1. The molecular weight excluding hydrogens is 308 g/mol. The molecule has 0 aromatic heterocycles. The molecule has 0 spiro atoms. The minimum atomic E-state index is -1.25. The predicted octanol–water partition coefficient (Wildman–Crippen LogP) is 3.41. The lowest BCUT2D eigenvalue weighted by molar-refractivity contribution is -0.169. The monoisotopic (exact) mass is 338 g/mol. The molecule has 2 saturated carbocycles. The zero-order valence-electron chi connectivity index (χ0n) is 15.6. The maximum absolute atomic E-state index is 12.5. The molecule has 0 aromatic rings. The van der Waals surface area contributed by atoms with Crippen molar-refractivity contribution in [2.24, 2.45) is 11.3 Å². The second-order valence-corrected chi connectivity index (χ2v) is 7.50. The Morgan fingerprint density at radius 3 is 2.00 bits per heavy atom. The highest BCUT2D eigenvalue weighted by atomic mass is 16.5. The van der Waals surface area contributed by atoms with E-state index in [1.165, 1.54) is 44.6 Å². The minimum absolute atomic E-state index is 0.00815. The Kier molecular flexibility index (Phi) is 5.74. The lowest BCUT2D eigenvalue weighted by Crippen LogP contribution is -2.41. The van der Waals surface area contributed by atoms with Gasteiger partial charge in [-0.25, -0.2) is 0 Å². The molecule has 0 bridgehead atoms. The van der Waals surface area contributed by atoms with Crippen LogP contribution in [0.25, 0.3) is 0 Å². The number of hydrogen-bond acceptors (Lipinski definition) is 5. The summed E-state index contributed by atoms with van der Waals surface area (Å²) >= 11 is 0. The van der Waals surface area contributed by atoms with Crippen LogP contribution in [0.4, 0.5) is 0 Å². The van der Waals surface area contributed by atoms with Gasteiger partial charge in [0.1, 0.15) is 0 Å². The number of carbonyl (C=O) groups is 2. The Hall–Kier alpha value is -1.36. The molecule has 5 heteroatoms. The molecule has 0 radical (unpaired) electrons. The highest BCUT2D eigenvalue weighted by Crippen LogP contribution is 2.53. The molecule has 24 heavy (non-hydrogen) atoms. The summed E-state index contributed by atoms with van der Waals surface area (Å²) in [6.07, 6.45) is 6.44. The Labute approximate surface area is 144 Å². The van der Waals surface area contributed by atoms with Crippen LogP contribution in [-0.2, 0) is 23.8 Å². The lowest BCUT2D eigenvalue weighted by atomic mass is 9.80. The standard InChI is InChI=1S/C19H30O5/c1-18(2,24-5)15-12-19(16(20)22-3,17(21)23-4)11-14(15)13-9-7-6-8-10-13/h15H,6-12H2,1-5H3/t15-/m0/s1. The summed E-state index contributed by atoms with van der Waals surface area (Å²) in [5.74, 6) is -0.996. The molecule has 0 aliphatic heterocycles. The van der Waals surface area contributed by atoms with Crippen molar-refractivity contribution in [1.29, 1.82) is 0 Å². The molecule has 5 nitrogen and oxygen atoms in total. The van der Waals surface area contributed by atoms with Crippen molar-refractivity contribution in [3.8, 4) is 0 Å². The number of allylic oxidation sites excluding steroid dienone is 1. The van der Waals surface area contributed by atoms with E-state index in [0.717, 1.165) is 12.8 Å². The van der Waals surface area contributed by atoms with Crippen LogP contribution in [0.5, 0.6) is 0 Å². The fourth-order valence-electron chi connectivity index (χ4n) is 4.26. The first-order valence-corrected chi connectivity index (χ1v) is 8.75. The number of ether oxygens (including phenoxy) is 3. The Balaban J connectivity index is 2.52. The van der Waals surface area contributed by atoms with Gasteiger partial charge in [0.2, 0.25) is 0 Å². The van der Waals surface area contributed by atoms with E-state index in [1.807, 2.05) is 13.8 Å². The number of esters is 2. The zero-order valence-corrected chi connectivity index (χ0v) is 15.6. The first-order valence-electron chi connectivity index (χ1n) is 8.75. The van der Waals surface area contributed by atoms with Gasteiger partial charge in [-0.2, -0.15) is 0 Å². The fraction of sp³-hybridized carbons (Fsp3) is 0.789. The molecule has 2 aliphatic carbocycles. The molecule has 0 heterocycles. The summed E-state index contributed by atoms with van der Waals surface area (Å²) in [5.41, 5.74) is 0.899. The second-order valence-electron chi connectivity index (χ2n) is 7.50. The van der Waals surface area contributed by atoms with Crippen LogP contribution in [0.1, 0.15) is 58.8 Å². The number of rotatable bonds is 4. The van der Waals surface area contributed by atoms with Crippen LogP contribution < -0.4 is 0 Å². The molecule has 136 valence electrons. The van der Waals surface area contributed by atoms with Crippen molar-refractivity contribution in [2.75, 3.05) is 21.3 Å². The van der Waals surface area contributed by atoms with Crippen LogP contribution in [-0.4, -0.2) is 38.9 Å². The number of methoxy groups -OCH3 is 3. The van der Waals surface area contributed by atoms with Crippen LogP contribution >= 0.6 is 0 Å². The van der Waals surface area contributed by atoms with Crippen LogP contribution in [0.3, 0.4) is 0 Å². The summed E-state index contributed by atoms with van der Waals surface area (Å²) < 4.78 is 15.7. The van der Waals surface area contributed by atoms with Crippen molar-refractivity contribution < 1.29 is 23.8 Å². The number of hydrogen-bond donors (Lipinski definition) is 0. The molecule has 0 N–H and O–H groups in total. The largest absolute Gasteiger partial charge is 0.468 e. The summed E-state index contributed by atoms with van der Waals surface area (Å²) in [6, 6.07) is 0. The maximum Gasteiger partial charge on any atom is 0.323 e. The van der Waals surface area contributed by atoms with Crippen molar-refractivity contribution >= 4 is 11.9 Å². The molecule has 0 unspecified atom stereocenters. The molecule has 0 aromatic carbocycles. The zero-order chi connectivity index (χ0) is 18.0. The van der Waals surface area contributed by atoms with E-state index in [0.29, 0.717) is 12.8 Å². The van der Waals surface area contributed by atoms with Gasteiger partial charge >= 0.3 is 11.9 Å². The molecule has 1 atom stereocenters. The summed E-state index contributed by atoms with van der Waals surface area (Å²) in [5, 5.41) is 0. The Bertz CT molecular complexity index is 508. The van der Waals surface area contributed by atoms with Crippen LogP contribution in [0, 0.1) is 11.3 Å². The molecule has 2 fully saturated rings. The topological polar surface area (TPSA) is 61.8 Å². The highest BCUT2D eigenvalue weighted by Gasteiger charge is 2.58. The van der Waals surface area contributed by atoms with E-state index in [9.17, 15) is 9.59 Å². The minimum Gasteiger partial charge on any atom is -0.468 e. The highest BCUT2D eigenvalue weighted by molar-refractivity contribution is 6.01. The van der Waals surface area contributed by atoms with Gasteiger partial charge in [0.05, 0.1) is 19.8 Å². The van der Waals surface area contributed by atoms with Gasteiger partial charge in [-0.15, -0.1) is 0 Å². The average molecular weight is 338 g/mol. The van der Waals surface area contributed by atoms with Crippen LogP contribution in [0.15, 0.2) is 11.1 Å². The Morgan fingerprint density at radius 2 is 1.54 bits per heavy atom. The van der Waals surface area contributed by atoms with Gasteiger partial charge in [0.25, 0.3) is 0 Å². The van der Waals surface area contributed by atoms with Crippen LogP contribution in [0.2, 0.25) is 0 Å². The van der Waals surface area contributed by atoms with E-state index >= 15 is 0 Å². The van der Waals surface area contributed by atoms with Gasteiger partial charge in [-0.05, 0) is 52.4 Å². The maximum atomic E-state index is 12.5. The average Bonchev–Trinajstić information content (AvgIpc) is 3.04. The SMILES string of the molecule is COC(=O)C1(C(=O)OC)CC(=C2CCCCC2)[C@@H](C(C)(C)OC)C1. The van der Waals surface area contributed by atoms with Crippen molar-refractivity contribution in [3.05, 3.63) is 11.1 Å². The third-order valence-electron chi connectivity index (χ3n) is 5.89. The molecule has 0 amide bonds. The summed E-state index contributed by atoms with van der Waals surface area (Å²) in [6.45, 7) is 4.04. The lowest BCUT2D eigenvalue weighted by Gasteiger charge is -2.33. The first-order chi connectivity index (χ1) is 11.3. The number of carbonyl (C=O) groups excluding carboxylic acids is 2. The molecule has 0 saturated heterocycles. The predicted molar refractivity (Wildman–Crippen MR) is 90.4 cm³/mol. The third kappa shape index (κ3) is 3.23. The third-order valence-corrected chi connectivity index (χ3v) is 5.89. The van der Waals surface area contributed by atoms with Gasteiger partial charge < -0.3 is 14.2 Å².